The van der Waals surface area contributed by atoms with Gasteiger partial charge in [-0.05, 0) is 58.2 Å². The molecular formula is C20H29N5O2. The van der Waals surface area contributed by atoms with Crippen molar-refractivity contribution in [3.8, 4) is 0 Å². The van der Waals surface area contributed by atoms with Gasteiger partial charge in [-0.3, -0.25) is 9.67 Å². The van der Waals surface area contributed by atoms with Crippen molar-refractivity contribution < 1.29 is 9.90 Å². The highest BCUT2D eigenvalue weighted by Gasteiger charge is 2.36. The van der Waals surface area contributed by atoms with Gasteiger partial charge in [0.2, 0.25) is 0 Å². The average molecular weight is 371 g/mol. The fraction of sp³-hybridized carbons (Fsp3) is 0.550. The molecule has 3 heterocycles. The van der Waals surface area contributed by atoms with Crippen molar-refractivity contribution in [2.75, 3.05) is 13.1 Å². The number of nitrogens with zero attached hydrogens (tertiary/aromatic N) is 4. The molecule has 2 amide bonds. The molecule has 7 heteroatoms. The molecule has 1 saturated heterocycles. The number of aryl methyl sites for hydroxylation is 3. The summed E-state index contributed by atoms with van der Waals surface area (Å²) in [6.07, 6.45) is 2.75. The minimum Gasteiger partial charge on any atom is -0.383 e. The van der Waals surface area contributed by atoms with Crippen LogP contribution in [-0.4, -0.2) is 49.9 Å². The second-order valence-electron chi connectivity index (χ2n) is 7.70. The second kappa shape index (κ2) is 7.68. The summed E-state index contributed by atoms with van der Waals surface area (Å²) in [6.45, 7) is 9.57. The van der Waals surface area contributed by atoms with E-state index in [4.69, 9.17) is 0 Å². The van der Waals surface area contributed by atoms with E-state index in [1.165, 1.54) is 0 Å². The summed E-state index contributed by atoms with van der Waals surface area (Å²) in [7, 11) is 0. The zero-order chi connectivity index (χ0) is 19.6. The van der Waals surface area contributed by atoms with Crippen LogP contribution in [0.25, 0.3) is 0 Å². The zero-order valence-electron chi connectivity index (χ0n) is 16.6. The molecule has 0 unspecified atom stereocenters. The van der Waals surface area contributed by atoms with Crippen LogP contribution in [0.5, 0.6) is 0 Å². The molecule has 2 aromatic heterocycles. The number of hydrogen-bond acceptors (Lipinski definition) is 4. The maximum atomic E-state index is 12.6. The standard InChI is InChI=1S/C20H29N5O2/c1-14-5-6-18(21-12-14)20(27)7-9-24(10-8-20)19(26)22-16(3)13-25-17(4)11-15(2)23-25/h5-6,11-12,16,27H,7-10,13H2,1-4H3,(H,22,26)/t16-/m0/s1. The van der Waals surface area contributed by atoms with Gasteiger partial charge in [-0.2, -0.15) is 5.10 Å². The molecule has 1 fully saturated rings. The van der Waals surface area contributed by atoms with Crippen molar-refractivity contribution in [1.29, 1.82) is 0 Å². The van der Waals surface area contributed by atoms with E-state index >= 15 is 0 Å². The molecule has 27 heavy (non-hydrogen) atoms. The first-order valence-electron chi connectivity index (χ1n) is 9.49. The summed E-state index contributed by atoms with van der Waals surface area (Å²) in [5.74, 6) is 0. The number of amides is 2. The molecular weight excluding hydrogens is 342 g/mol. The summed E-state index contributed by atoms with van der Waals surface area (Å²) in [5, 5.41) is 18.4. The van der Waals surface area contributed by atoms with Crippen LogP contribution in [0.3, 0.4) is 0 Å². The van der Waals surface area contributed by atoms with E-state index in [1.54, 1.807) is 11.1 Å². The number of nitrogens with one attached hydrogen (secondary N) is 1. The molecule has 0 aromatic carbocycles. The lowest BCUT2D eigenvalue weighted by atomic mass is 9.87. The summed E-state index contributed by atoms with van der Waals surface area (Å²) >= 11 is 0. The van der Waals surface area contributed by atoms with Crippen molar-refractivity contribution in [3.05, 3.63) is 47.0 Å². The molecule has 2 aromatic rings. The number of urea groups is 1. The molecule has 7 nitrogen and oxygen atoms in total. The van der Waals surface area contributed by atoms with E-state index in [1.807, 2.05) is 50.6 Å². The van der Waals surface area contributed by atoms with Gasteiger partial charge >= 0.3 is 6.03 Å². The Morgan fingerprint density at radius 2 is 2.00 bits per heavy atom. The molecule has 2 N–H and O–H groups in total. The molecule has 0 spiro atoms. The minimum absolute atomic E-state index is 0.0323. The van der Waals surface area contributed by atoms with Gasteiger partial charge in [0.15, 0.2) is 0 Å². The van der Waals surface area contributed by atoms with Crippen molar-refractivity contribution in [2.45, 2.75) is 58.7 Å². The molecule has 0 bridgehead atoms. The van der Waals surface area contributed by atoms with Gasteiger partial charge in [-0.15, -0.1) is 0 Å². The fourth-order valence-corrected chi connectivity index (χ4v) is 3.55. The van der Waals surface area contributed by atoms with Crippen LogP contribution in [0.1, 0.15) is 42.4 Å². The summed E-state index contributed by atoms with van der Waals surface area (Å²) in [6, 6.07) is 5.73. The Morgan fingerprint density at radius 1 is 1.30 bits per heavy atom. The molecule has 0 aliphatic carbocycles. The maximum Gasteiger partial charge on any atom is 0.317 e. The molecule has 1 atom stereocenters. The Morgan fingerprint density at radius 3 is 2.56 bits per heavy atom. The number of aromatic nitrogens is 3. The molecule has 3 rings (SSSR count). The third-order valence-electron chi connectivity index (χ3n) is 5.19. The van der Waals surface area contributed by atoms with E-state index in [9.17, 15) is 9.90 Å². The van der Waals surface area contributed by atoms with Gasteiger partial charge < -0.3 is 15.3 Å². The molecule has 0 radical (unpaired) electrons. The van der Waals surface area contributed by atoms with Gasteiger partial charge in [0.1, 0.15) is 5.60 Å². The summed E-state index contributed by atoms with van der Waals surface area (Å²) in [5.41, 5.74) is 2.86. The van der Waals surface area contributed by atoms with Crippen LogP contribution < -0.4 is 5.32 Å². The van der Waals surface area contributed by atoms with Gasteiger partial charge in [-0.25, -0.2) is 4.79 Å². The van der Waals surface area contributed by atoms with Crippen LogP contribution in [0, 0.1) is 20.8 Å². The number of hydrogen-bond donors (Lipinski definition) is 2. The highest BCUT2D eigenvalue weighted by molar-refractivity contribution is 5.74. The van der Waals surface area contributed by atoms with Crippen LogP contribution in [-0.2, 0) is 12.1 Å². The van der Waals surface area contributed by atoms with Crippen molar-refractivity contribution in [3.63, 3.8) is 0 Å². The number of likely N-dealkylation sites (tertiary alicyclic amines) is 1. The Balaban J connectivity index is 1.53. The Bertz CT molecular complexity index is 791. The van der Waals surface area contributed by atoms with E-state index in [2.05, 4.69) is 15.4 Å². The van der Waals surface area contributed by atoms with E-state index in [0.29, 0.717) is 38.2 Å². The largest absolute Gasteiger partial charge is 0.383 e. The number of pyridine rings is 1. The lowest BCUT2D eigenvalue weighted by Crippen LogP contribution is -2.51. The van der Waals surface area contributed by atoms with Crippen molar-refractivity contribution in [2.24, 2.45) is 0 Å². The maximum absolute atomic E-state index is 12.6. The van der Waals surface area contributed by atoms with Crippen LogP contribution >= 0.6 is 0 Å². The van der Waals surface area contributed by atoms with Gasteiger partial charge in [0, 0.05) is 31.0 Å². The van der Waals surface area contributed by atoms with Crippen LogP contribution in [0.4, 0.5) is 4.79 Å². The topological polar surface area (TPSA) is 83.3 Å². The third-order valence-corrected chi connectivity index (χ3v) is 5.19. The first-order chi connectivity index (χ1) is 12.8. The number of aliphatic hydroxyl groups is 1. The zero-order valence-corrected chi connectivity index (χ0v) is 16.6. The molecule has 1 aliphatic rings. The minimum atomic E-state index is -0.959. The Kier molecular flexibility index (Phi) is 5.51. The quantitative estimate of drug-likeness (QED) is 0.864. The third kappa shape index (κ3) is 4.47. The number of carbonyl (C=O) groups excluding carboxylic acids is 1. The first kappa shape index (κ1) is 19.4. The molecule has 146 valence electrons. The smallest absolute Gasteiger partial charge is 0.317 e. The lowest BCUT2D eigenvalue weighted by Gasteiger charge is -2.38. The fourth-order valence-electron chi connectivity index (χ4n) is 3.55. The van der Waals surface area contributed by atoms with E-state index in [0.717, 1.165) is 17.0 Å². The number of carbonyl (C=O) groups is 1. The predicted octanol–water partition coefficient (Wildman–Crippen LogP) is 2.29. The number of rotatable bonds is 4. The SMILES string of the molecule is Cc1ccc(C2(O)CCN(C(=O)N[C@@H](C)Cn3nc(C)cc3C)CC2)nc1. The summed E-state index contributed by atoms with van der Waals surface area (Å²) < 4.78 is 1.91. The Labute approximate surface area is 160 Å². The normalized spacial score (nSPS) is 17.6. The number of piperidine rings is 1. The molecule has 1 aliphatic heterocycles. The monoisotopic (exact) mass is 371 g/mol. The predicted molar refractivity (Wildman–Crippen MR) is 103 cm³/mol. The van der Waals surface area contributed by atoms with Crippen LogP contribution in [0.15, 0.2) is 24.4 Å². The van der Waals surface area contributed by atoms with E-state index < -0.39 is 5.60 Å². The lowest BCUT2D eigenvalue weighted by molar-refractivity contribution is -0.0205. The average Bonchev–Trinajstić information content (AvgIpc) is 2.92. The van der Waals surface area contributed by atoms with Gasteiger partial charge in [-0.1, -0.05) is 6.07 Å². The van der Waals surface area contributed by atoms with Crippen LogP contribution in [0.2, 0.25) is 0 Å². The first-order valence-corrected chi connectivity index (χ1v) is 9.49. The Hall–Kier alpha value is -2.41. The van der Waals surface area contributed by atoms with Crippen molar-refractivity contribution >= 4 is 6.03 Å². The second-order valence-corrected chi connectivity index (χ2v) is 7.70. The van der Waals surface area contributed by atoms with E-state index in [-0.39, 0.29) is 12.1 Å². The van der Waals surface area contributed by atoms with Gasteiger partial charge in [0.05, 0.1) is 17.9 Å². The van der Waals surface area contributed by atoms with Gasteiger partial charge in [0.25, 0.3) is 0 Å². The molecule has 0 saturated carbocycles. The highest BCUT2D eigenvalue weighted by atomic mass is 16.3. The highest BCUT2D eigenvalue weighted by Crippen LogP contribution is 2.31. The summed E-state index contributed by atoms with van der Waals surface area (Å²) in [4.78, 5) is 18.7. The van der Waals surface area contributed by atoms with Crippen molar-refractivity contribution in [1.82, 2.24) is 25.0 Å².